The molecule has 7 heteroatoms. The predicted molar refractivity (Wildman–Crippen MR) is 56.0 cm³/mol. The first-order valence-corrected chi connectivity index (χ1v) is 5.21. The summed E-state index contributed by atoms with van der Waals surface area (Å²) in [5.74, 6) is 0. The van der Waals surface area contributed by atoms with E-state index in [2.05, 4.69) is 16.3 Å². The number of nitrogens with zero attached hydrogens (tertiary/aromatic N) is 3. The zero-order valence-corrected chi connectivity index (χ0v) is 8.77. The number of aromatic amines is 2. The van der Waals surface area contributed by atoms with Crippen molar-refractivity contribution in [2.45, 2.75) is 18.9 Å². The van der Waals surface area contributed by atoms with Gasteiger partial charge in [-0.05, 0) is 12.8 Å². The second-order valence-electron chi connectivity index (χ2n) is 3.90. The molecule has 0 bridgehead atoms. The number of nitrogens with one attached hydrogen (secondary N) is 2. The molecule has 1 fully saturated rings. The van der Waals surface area contributed by atoms with Crippen LogP contribution in [0.4, 0.5) is 0 Å². The van der Waals surface area contributed by atoms with Gasteiger partial charge >= 0.3 is 11.4 Å². The van der Waals surface area contributed by atoms with Crippen molar-refractivity contribution < 1.29 is 0 Å². The molecule has 0 spiro atoms. The third kappa shape index (κ3) is 1.92. The summed E-state index contributed by atoms with van der Waals surface area (Å²) in [5, 5.41) is 13.1. The number of H-pyrrole nitrogens is 2. The van der Waals surface area contributed by atoms with Crippen LogP contribution in [0.3, 0.4) is 0 Å². The van der Waals surface area contributed by atoms with E-state index in [1.165, 1.54) is 4.57 Å². The Morgan fingerprint density at radius 1 is 1.25 bits per heavy atom. The van der Waals surface area contributed by atoms with Gasteiger partial charge in [0, 0.05) is 19.1 Å². The number of hydrogen-bond donors (Lipinski definition) is 2. The van der Waals surface area contributed by atoms with Gasteiger partial charge in [0.05, 0.1) is 12.6 Å². The van der Waals surface area contributed by atoms with E-state index in [0.717, 1.165) is 25.9 Å². The fourth-order valence-electron chi connectivity index (χ4n) is 2.09. The molecule has 7 nitrogen and oxygen atoms in total. The second kappa shape index (κ2) is 4.37. The molecule has 0 atom stereocenters. The molecule has 0 radical (unpaired) electrons. The SMILES string of the molecule is N#CCN1CCC(n2c(=O)[nH][nH]c2=O)CC1. The lowest BCUT2D eigenvalue weighted by Crippen LogP contribution is -2.40. The molecule has 2 rings (SSSR count). The van der Waals surface area contributed by atoms with Crippen LogP contribution in [0.15, 0.2) is 9.59 Å². The Hall–Kier alpha value is -1.81. The van der Waals surface area contributed by atoms with Crippen molar-refractivity contribution in [1.29, 1.82) is 5.26 Å². The number of piperidine rings is 1. The van der Waals surface area contributed by atoms with Crippen LogP contribution < -0.4 is 11.4 Å². The van der Waals surface area contributed by atoms with Crippen LogP contribution in [0.2, 0.25) is 0 Å². The zero-order chi connectivity index (χ0) is 11.5. The van der Waals surface area contributed by atoms with Crippen molar-refractivity contribution in [3.63, 3.8) is 0 Å². The summed E-state index contributed by atoms with van der Waals surface area (Å²) in [7, 11) is 0. The summed E-state index contributed by atoms with van der Waals surface area (Å²) >= 11 is 0. The fraction of sp³-hybridized carbons (Fsp3) is 0.667. The van der Waals surface area contributed by atoms with Gasteiger partial charge in [0.25, 0.3) is 0 Å². The highest BCUT2D eigenvalue weighted by molar-refractivity contribution is 4.84. The van der Waals surface area contributed by atoms with Crippen LogP contribution in [-0.2, 0) is 0 Å². The number of aromatic nitrogens is 3. The standard InChI is InChI=1S/C9H13N5O2/c10-3-6-13-4-1-7(2-5-13)14-8(15)11-12-9(14)16/h7H,1-2,4-6H2,(H,11,15)(H,12,16). The molecule has 0 saturated carbocycles. The summed E-state index contributed by atoms with van der Waals surface area (Å²) in [6.45, 7) is 1.90. The van der Waals surface area contributed by atoms with E-state index in [-0.39, 0.29) is 17.4 Å². The predicted octanol–water partition coefficient (Wildman–Crippen LogP) is -0.975. The van der Waals surface area contributed by atoms with Crippen molar-refractivity contribution >= 4 is 0 Å². The molecule has 1 aromatic heterocycles. The molecule has 1 aliphatic rings. The molecule has 0 unspecified atom stereocenters. The first kappa shape index (κ1) is 10.7. The van der Waals surface area contributed by atoms with E-state index >= 15 is 0 Å². The van der Waals surface area contributed by atoms with Gasteiger partial charge in [-0.25, -0.2) is 24.4 Å². The Kier molecular flexibility index (Phi) is 2.92. The largest absolute Gasteiger partial charge is 0.344 e. The zero-order valence-electron chi connectivity index (χ0n) is 8.77. The van der Waals surface area contributed by atoms with E-state index in [1.54, 1.807) is 0 Å². The minimum absolute atomic E-state index is 0.0579. The molecule has 86 valence electrons. The van der Waals surface area contributed by atoms with Crippen LogP contribution in [-0.4, -0.2) is 39.3 Å². The highest BCUT2D eigenvalue weighted by atomic mass is 16.2. The summed E-state index contributed by atoms with van der Waals surface area (Å²) in [4.78, 5) is 24.7. The van der Waals surface area contributed by atoms with Crippen molar-refractivity contribution in [3.05, 3.63) is 21.0 Å². The maximum absolute atomic E-state index is 11.4. The van der Waals surface area contributed by atoms with Crippen LogP contribution in [0.5, 0.6) is 0 Å². The van der Waals surface area contributed by atoms with E-state index in [0.29, 0.717) is 6.54 Å². The summed E-state index contributed by atoms with van der Waals surface area (Å²) in [5.41, 5.74) is -0.771. The van der Waals surface area contributed by atoms with Gasteiger partial charge in [-0.3, -0.25) is 4.90 Å². The third-order valence-electron chi connectivity index (χ3n) is 2.93. The van der Waals surface area contributed by atoms with E-state index < -0.39 is 0 Å². The summed E-state index contributed by atoms with van der Waals surface area (Å²) in [6.07, 6.45) is 1.45. The fourth-order valence-corrected chi connectivity index (χ4v) is 2.09. The lowest BCUT2D eigenvalue weighted by atomic mass is 10.1. The molecular formula is C9H13N5O2. The molecule has 1 aromatic rings. The first-order chi connectivity index (χ1) is 7.72. The van der Waals surface area contributed by atoms with E-state index in [4.69, 9.17) is 5.26 Å². The van der Waals surface area contributed by atoms with Crippen LogP contribution in [0, 0.1) is 11.3 Å². The van der Waals surface area contributed by atoms with Crippen molar-refractivity contribution in [2.75, 3.05) is 19.6 Å². The Morgan fingerprint density at radius 2 is 1.81 bits per heavy atom. The maximum Gasteiger partial charge on any atom is 0.344 e. The number of nitriles is 1. The van der Waals surface area contributed by atoms with Gasteiger partial charge in [0.1, 0.15) is 0 Å². The molecule has 0 aromatic carbocycles. The molecular weight excluding hydrogens is 210 g/mol. The van der Waals surface area contributed by atoms with E-state index in [1.807, 2.05) is 4.90 Å². The quantitative estimate of drug-likeness (QED) is 0.630. The molecule has 16 heavy (non-hydrogen) atoms. The van der Waals surface area contributed by atoms with Gasteiger partial charge in [-0.1, -0.05) is 0 Å². The van der Waals surface area contributed by atoms with Gasteiger partial charge in [0.15, 0.2) is 0 Å². The Balaban J connectivity index is 2.08. The Labute approximate surface area is 91.3 Å². The van der Waals surface area contributed by atoms with Crippen molar-refractivity contribution in [1.82, 2.24) is 19.7 Å². The molecule has 1 aliphatic heterocycles. The van der Waals surface area contributed by atoms with Crippen LogP contribution in [0.1, 0.15) is 18.9 Å². The molecule has 2 N–H and O–H groups in total. The van der Waals surface area contributed by atoms with Crippen LogP contribution >= 0.6 is 0 Å². The molecule has 1 saturated heterocycles. The molecule has 2 heterocycles. The summed E-state index contributed by atoms with van der Waals surface area (Å²) in [6, 6.07) is 2.04. The monoisotopic (exact) mass is 223 g/mol. The van der Waals surface area contributed by atoms with Crippen molar-refractivity contribution in [2.24, 2.45) is 0 Å². The Bertz CT molecular complexity index is 469. The van der Waals surface area contributed by atoms with Gasteiger partial charge in [-0.2, -0.15) is 5.26 Å². The normalized spacial score (nSPS) is 18.4. The number of likely N-dealkylation sites (tertiary alicyclic amines) is 1. The highest BCUT2D eigenvalue weighted by Crippen LogP contribution is 2.18. The highest BCUT2D eigenvalue weighted by Gasteiger charge is 2.23. The van der Waals surface area contributed by atoms with Gasteiger partial charge in [-0.15, -0.1) is 0 Å². The number of rotatable bonds is 2. The molecule has 0 aliphatic carbocycles. The summed E-state index contributed by atoms with van der Waals surface area (Å²) < 4.78 is 1.23. The van der Waals surface area contributed by atoms with Gasteiger partial charge < -0.3 is 0 Å². The minimum Gasteiger partial charge on any atom is -0.290 e. The maximum atomic E-state index is 11.4. The minimum atomic E-state index is -0.385. The van der Waals surface area contributed by atoms with Crippen molar-refractivity contribution in [3.8, 4) is 6.07 Å². The van der Waals surface area contributed by atoms with E-state index in [9.17, 15) is 9.59 Å². The second-order valence-corrected chi connectivity index (χ2v) is 3.90. The first-order valence-electron chi connectivity index (χ1n) is 5.21. The van der Waals surface area contributed by atoms with Crippen LogP contribution in [0.25, 0.3) is 0 Å². The number of hydrogen-bond acceptors (Lipinski definition) is 4. The lowest BCUT2D eigenvalue weighted by Gasteiger charge is -2.29. The Morgan fingerprint density at radius 3 is 2.31 bits per heavy atom. The smallest absolute Gasteiger partial charge is 0.290 e. The average Bonchev–Trinajstić information content (AvgIpc) is 2.61. The topological polar surface area (TPSA) is 97.7 Å². The third-order valence-corrected chi connectivity index (χ3v) is 2.93. The van der Waals surface area contributed by atoms with Gasteiger partial charge in [0.2, 0.25) is 0 Å². The lowest BCUT2D eigenvalue weighted by molar-refractivity contribution is 0.201. The average molecular weight is 223 g/mol. The molecule has 0 amide bonds.